The number of para-hydroxylation sites is 1. The predicted octanol–water partition coefficient (Wildman–Crippen LogP) is 5.93. The summed E-state index contributed by atoms with van der Waals surface area (Å²) >= 11 is 5.89. The van der Waals surface area contributed by atoms with Crippen LogP contribution in [0.2, 0.25) is 5.02 Å². The number of carbonyl (C=O) groups excluding carboxylic acids is 2. The molecule has 0 spiro atoms. The fraction of sp³-hybridized carbons (Fsp3) is 0.0400. The summed E-state index contributed by atoms with van der Waals surface area (Å²) in [6.07, 6.45) is 0.217. The molecular weight excluding hydrogens is 396 g/mol. The summed E-state index contributed by atoms with van der Waals surface area (Å²) in [6, 6.07) is 27.7. The van der Waals surface area contributed by atoms with Crippen molar-refractivity contribution in [2.24, 2.45) is 0 Å². The number of hydrogen-bond donors (Lipinski definition) is 2. The van der Waals surface area contributed by atoms with E-state index < -0.39 is 0 Å². The summed E-state index contributed by atoms with van der Waals surface area (Å²) in [5.41, 5.74) is 2.42. The SMILES string of the molecule is O=C(Cc1cccc2ccccc12)Nc1ccccc1C(=O)Nc1ccc(Cl)cc1. The third kappa shape index (κ3) is 4.50. The number of halogens is 1. The quantitative estimate of drug-likeness (QED) is 0.425. The van der Waals surface area contributed by atoms with E-state index in [1.807, 2.05) is 42.5 Å². The van der Waals surface area contributed by atoms with E-state index in [4.69, 9.17) is 11.6 Å². The highest BCUT2D eigenvalue weighted by atomic mass is 35.5. The molecule has 0 fully saturated rings. The molecule has 0 bridgehead atoms. The normalized spacial score (nSPS) is 10.6. The number of rotatable bonds is 5. The van der Waals surface area contributed by atoms with Crippen molar-refractivity contribution < 1.29 is 9.59 Å². The van der Waals surface area contributed by atoms with Crippen LogP contribution in [0.25, 0.3) is 10.8 Å². The van der Waals surface area contributed by atoms with Gasteiger partial charge in [-0.3, -0.25) is 9.59 Å². The average Bonchev–Trinajstić information content (AvgIpc) is 2.76. The van der Waals surface area contributed by atoms with Crippen LogP contribution in [-0.2, 0) is 11.2 Å². The fourth-order valence-corrected chi connectivity index (χ4v) is 3.46. The lowest BCUT2D eigenvalue weighted by molar-refractivity contribution is -0.115. The van der Waals surface area contributed by atoms with Gasteiger partial charge in [0.25, 0.3) is 5.91 Å². The molecule has 0 heterocycles. The van der Waals surface area contributed by atoms with E-state index in [0.717, 1.165) is 16.3 Å². The molecule has 0 radical (unpaired) electrons. The molecule has 4 nitrogen and oxygen atoms in total. The monoisotopic (exact) mass is 414 g/mol. The maximum atomic E-state index is 12.7. The molecule has 0 unspecified atom stereocenters. The van der Waals surface area contributed by atoms with E-state index in [1.54, 1.807) is 48.5 Å². The Kier molecular flexibility index (Phi) is 5.77. The first-order chi connectivity index (χ1) is 14.6. The van der Waals surface area contributed by atoms with Crippen LogP contribution in [0.5, 0.6) is 0 Å². The summed E-state index contributed by atoms with van der Waals surface area (Å²) in [5.74, 6) is -0.489. The molecule has 4 aromatic rings. The topological polar surface area (TPSA) is 58.2 Å². The maximum Gasteiger partial charge on any atom is 0.257 e. The van der Waals surface area contributed by atoms with Crippen molar-refractivity contribution in [1.82, 2.24) is 0 Å². The van der Waals surface area contributed by atoms with Crippen molar-refractivity contribution in [1.29, 1.82) is 0 Å². The Hall–Kier alpha value is -3.63. The van der Waals surface area contributed by atoms with Gasteiger partial charge in [-0.15, -0.1) is 0 Å². The molecule has 0 aliphatic carbocycles. The van der Waals surface area contributed by atoms with Crippen molar-refractivity contribution in [2.45, 2.75) is 6.42 Å². The average molecular weight is 415 g/mol. The van der Waals surface area contributed by atoms with Gasteiger partial charge in [-0.2, -0.15) is 0 Å². The first-order valence-corrected chi connectivity index (χ1v) is 9.90. The molecule has 30 heavy (non-hydrogen) atoms. The molecule has 0 atom stereocenters. The van der Waals surface area contributed by atoms with Crippen molar-refractivity contribution in [2.75, 3.05) is 10.6 Å². The zero-order chi connectivity index (χ0) is 20.9. The second-order valence-electron chi connectivity index (χ2n) is 6.87. The molecule has 0 aliphatic heterocycles. The standard InChI is InChI=1S/C25H19ClN2O2/c26-19-12-14-20(15-13-19)27-25(30)22-10-3-4-11-23(22)28-24(29)16-18-8-5-7-17-6-1-2-9-21(17)18/h1-15H,16H2,(H,27,30)(H,28,29). The van der Waals surface area contributed by atoms with Crippen molar-refractivity contribution >= 4 is 45.6 Å². The second kappa shape index (κ2) is 8.80. The van der Waals surface area contributed by atoms with E-state index in [2.05, 4.69) is 10.6 Å². The number of hydrogen-bond acceptors (Lipinski definition) is 2. The van der Waals surface area contributed by atoms with Gasteiger partial charge in [-0.25, -0.2) is 0 Å². The summed E-state index contributed by atoms with van der Waals surface area (Å²) in [6.45, 7) is 0. The van der Waals surface area contributed by atoms with Gasteiger partial charge in [0.15, 0.2) is 0 Å². The van der Waals surface area contributed by atoms with Crippen LogP contribution in [0.1, 0.15) is 15.9 Å². The third-order valence-electron chi connectivity index (χ3n) is 4.78. The fourth-order valence-electron chi connectivity index (χ4n) is 3.34. The number of benzene rings is 4. The Labute approximate surface area is 179 Å². The Morgan fingerprint density at radius 1 is 0.733 bits per heavy atom. The van der Waals surface area contributed by atoms with Crippen LogP contribution in [0.4, 0.5) is 11.4 Å². The van der Waals surface area contributed by atoms with E-state index >= 15 is 0 Å². The Morgan fingerprint density at radius 3 is 2.27 bits per heavy atom. The molecule has 2 N–H and O–H groups in total. The highest BCUT2D eigenvalue weighted by Crippen LogP contribution is 2.21. The van der Waals surface area contributed by atoms with Gasteiger partial charge in [0.2, 0.25) is 5.91 Å². The number of carbonyl (C=O) groups is 2. The first kappa shape index (κ1) is 19.7. The number of fused-ring (bicyclic) bond motifs is 1. The van der Waals surface area contributed by atoms with Crippen LogP contribution in [-0.4, -0.2) is 11.8 Å². The molecule has 0 aromatic heterocycles. The van der Waals surface area contributed by atoms with E-state index in [9.17, 15) is 9.59 Å². The Balaban J connectivity index is 1.51. The lowest BCUT2D eigenvalue weighted by Gasteiger charge is -2.12. The van der Waals surface area contributed by atoms with Crippen molar-refractivity contribution in [3.63, 3.8) is 0 Å². The largest absolute Gasteiger partial charge is 0.325 e. The molecule has 0 saturated carbocycles. The Bertz CT molecular complexity index is 1210. The maximum absolute atomic E-state index is 12.7. The van der Waals surface area contributed by atoms with Gasteiger partial charge in [-0.05, 0) is 52.7 Å². The molecule has 2 amide bonds. The molecular formula is C25H19ClN2O2. The third-order valence-corrected chi connectivity index (χ3v) is 5.03. The summed E-state index contributed by atoms with van der Waals surface area (Å²) < 4.78 is 0. The minimum atomic E-state index is -0.307. The van der Waals surface area contributed by atoms with E-state index in [0.29, 0.717) is 22.0 Å². The number of amides is 2. The van der Waals surface area contributed by atoms with Gasteiger partial charge >= 0.3 is 0 Å². The van der Waals surface area contributed by atoms with Crippen LogP contribution in [0, 0.1) is 0 Å². The minimum Gasteiger partial charge on any atom is -0.325 e. The van der Waals surface area contributed by atoms with Crippen LogP contribution in [0.15, 0.2) is 91.0 Å². The van der Waals surface area contributed by atoms with Crippen LogP contribution in [0.3, 0.4) is 0 Å². The number of nitrogens with one attached hydrogen (secondary N) is 2. The highest BCUT2D eigenvalue weighted by Gasteiger charge is 2.14. The van der Waals surface area contributed by atoms with Crippen LogP contribution >= 0.6 is 11.6 Å². The molecule has 0 saturated heterocycles. The van der Waals surface area contributed by atoms with E-state index in [1.165, 1.54) is 0 Å². The minimum absolute atomic E-state index is 0.182. The molecule has 4 aromatic carbocycles. The zero-order valence-electron chi connectivity index (χ0n) is 16.1. The lowest BCUT2D eigenvalue weighted by atomic mass is 10.0. The van der Waals surface area contributed by atoms with Gasteiger partial charge in [0, 0.05) is 10.7 Å². The number of anilines is 2. The molecule has 4 rings (SSSR count). The van der Waals surface area contributed by atoms with Crippen LogP contribution < -0.4 is 10.6 Å². The van der Waals surface area contributed by atoms with E-state index in [-0.39, 0.29) is 18.2 Å². The summed E-state index contributed by atoms with van der Waals surface area (Å²) in [4.78, 5) is 25.5. The van der Waals surface area contributed by atoms with Gasteiger partial charge < -0.3 is 10.6 Å². The zero-order valence-corrected chi connectivity index (χ0v) is 16.8. The van der Waals surface area contributed by atoms with Crippen molar-refractivity contribution in [3.8, 4) is 0 Å². The van der Waals surface area contributed by atoms with Gasteiger partial charge in [0.05, 0.1) is 17.7 Å². The van der Waals surface area contributed by atoms with Gasteiger partial charge in [0.1, 0.15) is 0 Å². The smallest absolute Gasteiger partial charge is 0.257 e. The summed E-state index contributed by atoms with van der Waals surface area (Å²) in [7, 11) is 0. The summed E-state index contributed by atoms with van der Waals surface area (Å²) in [5, 5.41) is 8.43. The van der Waals surface area contributed by atoms with Gasteiger partial charge in [-0.1, -0.05) is 66.2 Å². The van der Waals surface area contributed by atoms with Crippen molar-refractivity contribution in [3.05, 3.63) is 107 Å². The molecule has 5 heteroatoms. The highest BCUT2D eigenvalue weighted by molar-refractivity contribution is 6.30. The first-order valence-electron chi connectivity index (χ1n) is 9.52. The molecule has 0 aliphatic rings. The lowest BCUT2D eigenvalue weighted by Crippen LogP contribution is -2.19. The predicted molar refractivity (Wildman–Crippen MR) is 122 cm³/mol. The molecule has 148 valence electrons. The Morgan fingerprint density at radius 2 is 1.43 bits per heavy atom. The second-order valence-corrected chi connectivity index (χ2v) is 7.31.